The standard InChI is InChI=1S/C14H14BrN3O2/c1-8-12(15)9(2)18(14(20)17-8)7-10-4-3-5-11(6-10)13(16)19/h3-6H,7H2,1-2H3,(H2,16,19). The minimum Gasteiger partial charge on any atom is -0.366 e. The van der Waals surface area contributed by atoms with Crippen molar-refractivity contribution >= 4 is 21.8 Å². The van der Waals surface area contributed by atoms with Crippen molar-refractivity contribution < 1.29 is 4.79 Å². The van der Waals surface area contributed by atoms with E-state index in [9.17, 15) is 9.59 Å². The van der Waals surface area contributed by atoms with Gasteiger partial charge in [-0.3, -0.25) is 9.36 Å². The molecule has 0 radical (unpaired) electrons. The first-order valence-electron chi connectivity index (χ1n) is 6.02. The normalized spacial score (nSPS) is 10.6. The summed E-state index contributed by atoms with van der Waals surface area (Å²) >= 11 is 3.42. The number of halogens is 1. The van der Waals surface area contributed by atoms with Crippen LogP contribution in [0.3, 0.4) is 0 Å². The SMILES string of the molecule is Cc1nc(=O)n(Cc2cccc(C(N)=O)c2)c(C)c1Br. The van der Waals surface area contributed by atoms with Crippen molar-refractivity contribution in [2.24, 2.45) is 5.73 Å². The van der Waals surface area contributed by atoms with E-state index in [1.165, 1.54) is 0 Å². The summed E-state index contributed by atoms with van der Waals surface area (Å²) in [5.74, 6) is -0.487. The average molecular weight is 336 g/mol. The Morgan fingerprint density at radius 1 is 1.40 bits per heavy atom. The summed E-state index contributed by atoms with van der Waals surface area (Å²) in [6.45, 7) is 3.96. The van der Waals surface area contributed by atoms with Crippen molar-refractivity contribution in [2.45, 2.75) is 20.4 Å². The van der Waals surface area contributed by atoms with Crippen LogP contribution in [0.15, 0.2) is 33.5 Å². The topological polar surface area (TPSA) is 78.0 Å². The monoisotopic (exact) mass is 335 g/mol. The van der Waals surface area contributed by atoms with Crippen molar-refractivity contribution in [1.82, 2.24) is 9.55 Å². The number of carbonyl (C=O) groups excluding carboxylic acids is 1. The maximum Gasteiger partial charge on any atom is 0.348 e. The van der Waals surface area contributed by atoms with Crippen LogP contribution in [0.5, 0.6) is 0 Å². The van der Waals surface area contributed by atoms with Crippen LogP contribution < -0.4 is 11.4 Å². The maximum absolute atomic E-state index is 12.0. The summed E-state index contributed by atoms with van der Waals surface area (Å²) in [5.41, 5.74) is 7.65. The summed E-state index contributed by atoms with van der Waals surface area (Å²) < 4.78 is 2.36. The molecule has 104 valence electrons. The third-order valence-corrected chi connectivity index (χ3v) is 4.23. The Morgan fingerprint density at radius 2 is 2.10 bits per heavy atom. The summed E-state index contributed by atoms with van der Waals surface area (Å²) in [5, 5.41) is 0. The molecule has 2 N–H and O–H groups in total. The Balaban J connectivity index is 2.45. The van der Waals surface area contributed by atoms with Gasteiger partial charge in [-0.25, -0.2) is 4.79 Å². The van der Waals surface area contributed by atoms with Crippen LogP contribution in [0.25, 0.3) is 0 Å². The molecule has 2 aromatic rings. The summed E-state index contributed by atoms with van der Waals surface area (Å²) in [6, 6.07) is 6.91. The predicted molar refractivity (Wildman–Crippen MR) is 79.7 cm³/mol. The molecule has 1 aromatic carbocycles. The van der Waals surface area contributed by atoms with Gasteiger partial charge in [0.15, 0.2) is 0 Å². The highest BCUT2D eigenvalue weighted by Gasteiger charge is 2.10. The van der Waals surface area contributed by atoms with Crippen LogP contribution >= 0.6 is 15.9 Å². The number of primary amides is 1. The van der Waals surface area contributed by atoms with Crippen LogP contribution in [0.4, 0.5) is 0 Å². The molecule has 0 fully saturated rings. The van der Waals surface area contributed by atoms with Crippen molar-refractivity contribution in [3.63, 3.8) is 0 Å². The van der Waals surface area contributed by atoms with E-state index in [1.54, 1.807) is 29.7 Å². The molecule has 0 unspecified atom stereocenters. The van der Waals surface area contributed by atoms with E-state index < -0.39 is 5.91 Å². The molecule has 6 heteroatoms. The van der Waals surface area contributed by atoms with E-state index in [-0.39, 0.29) is 5.69 Å². The number of nitrogens with zero attached hydrogens (tertiary/aromatic N) is 2. The summed E-state index contributed by atoms with van der Waals surface area (Å²) in [4.78, 5) is 27.1. The second-order valence-corrected chi connectivity index (χ2v) is 5.32. The Bertz CT molecular complexity index is 738. The second-order valence-electron chi connectivity index (χ2n) is 4.53. The number of hydrogen-bond donors (Lipinski definition) is 1. The number of nitrogens with two attached hydrogens (primary N) is 1. The number of aryl methyl sites for hydroxylation is 1. The number of benzene rings is 1. The summed E-state index contributed by atoms with van der Waals surface area (Å²) in [6.07, 6.45) is 0. The fraction of sp³-hybridized carbons (Fsp3) is 0.214. The lowest BCUT2D eigenvalue weighted by atomic mass is 10.1. The zero-order chi connectivity index (χ0) is 14.9. The zero-order valence-electron chi connectivity index (χ0n) is 11.2. The molecule has 0 saturated carbocycles. The highest BCUT2D eigenvalue weighted by molar-refractivity contribution is 9.10. The van der Waals surface area contributed by atoms with Crippen molar-refractivity contribution in [3.05, 3.63) is 61.7 Å². The molecular formula is C14H14BrN3O2. The Hall–Kier alpha value is -1.95. The van der Waals surface area contributed by atoms with Gasteiger partial charge in [-0.15, -0.1) is 0 Å². The molecule has 0 saturated heterocycles. The molecule has 0 aliphatic carbocycles. The molecule has 1 amide bonds. The van der Waals surface area contributed by atoms with Gasteiger partial charge in [-0.2, -0.15) is 4.98 Å². The molecule has 0 aliphatic heterocycles. The Morgan fingerprint density at radius 3 is 2.75 bits per heavy atom. The van der Waals surface area contributed by atoms with E-state index in [1.807, 2.05) is 13.0 Å². The van der Waals surface area contributed by atoms with E-state index >= 15 is 0 Å². The van der Waals surface area contributed by atoms with Gasteiger partial charge in [-0.05, 0) is 47.5 Å². The predicted octanol–water partition coefficient (Wildman–Crippen LogP) is 1.77. The third-order valence-electron chi connectivity index (χ3n) is 3.09. The number of amides is 1. The van der Waals surface area contributed by atoms with Crippen molar-refractivity contribution in [3.8, 4) is 0 Å². The number of hydrogen-bond acceptors (Lipinski definition) is 3. The van der Waals surface area contributed by atoms with E-state index in [2.05, 4.69) is 20.9 Å². The van der Waals surface area contributed by atoms with Crippen LogP contribution in [0, 0.1) is 13.8 Å². The number of carbonyl (C=O) groups is 1. The first-order valence-corrected chi connectivity index (χ1v) is 6.81. The molecule has 2 rings (SSSR count). The van der Waals surface area contributed by atoms with Gasteiger partial charge in [0.2, 0.25) is 5.91 Å². The highest BCUT2D eigenvalue weighted by atomic mass is 79.9. The van der Waals surface area contributed by atoms with Gasteiger partial charge in [-0.1, -0.05) is 12.1 Å². The number of aromatic nitrogens is 2. The van der Waals surface area contributed by atoms with Gasteiger partial charge >= 0.3 is 5.69 Å². The summed E-state index contributed by atoms with van der Waals surface area (Å²) in [7, 11) is 0. The van der Waals surface area contributed by atoms with Crippen molar-refractivity contribution in [2.75, 3.05) is 0 Å². The van der Waals surface area contributed by atoms with Gasteiger partial charge in [0, 0.05) is 11.3 Å². The largest absolute Gasteiger partial charge is 0.366 e. The molecule has 0 atom stereocenters. The molecule has 1 heterocycles. The van der Waals surface area contributed by atoms with Gasteiger partial charge in [0.1, 0.15) is 0 Å². The Labute approximate surface area is 124 Å². The van der Waals surface area contributed by atoms with E-state index in [0.717, 1.165) is 15.7 Å². The molecule has 0 spiro atoms. The minimum absolute atomic E-state index is 0.312. The van der Waals surface area contributed by atoms with Gasteiger partial charge in [0.25, 0.3) is 0 Å². The van der Waals surface area contributed by atoms with Gasteiger partial charge in [0.05, 0.1) is 16.7 Å². The Kier molecular flexibility index (Phi) is 4.04. The van der Waals surface area contributed by atoms with Crippen LogP contribution in [-0.2, 0) is 6.54 Å². The minimum atomic E-state index is -0.487. The smallest absolute Gasteiger partial charge is 0.348 e. The lowest BCUT2D eigenvalue weighted by Crippen LogP contribution is -2.27. The second kappa shape index (κ2) is 5.58. The quantitative estimate of drug-likeness (QED) is 0.928. The fourth-order valence-corrected chi connectivity index (χ4v) is 2.27. The fourth-order valence-electron chi connectivity index (χ4n) is 1.97. The van der Waals surface area contributed by atoms with Gasteiger partial charge < -0.3 is 5.73 Å². The van der Waals surface area contributed by atoms with Crippen molar-refractivity contribution in [1.29, 1.82) is 0 Å². The molecule has 0 bridgehead atoms. The lowest BCUT2D eigenvalue weighted by Gasteiger charge is -2.12. The zero-order valence-corrected chi connectivity index (χ0v) is 12.8. The number of rotatable bonds is 3. The molecule has 1 aromatic heterocycles. The average Bonchev–Trinajstić information content (AvgIpc) is 2.41. The van der Waals surface area contributed by atoms with E-state index in [0.29, 0.717) is 17.8 Å². The molecule has 20 heavy (non-hydrogen) atoms. The molecular weight excluding hydrogens is 322 g/mol. The van der Waals surface area contributed by atoms with Crippen LogP contribution in [-0.4, -0.2) is 15.5 Å². The molecule has 5 nitrogen and oxygen atoms in total. The molecule has 0 aliphatic rings. The first-order chi connectivity index (χ1) is 9.40. The van der Waals surface area contributed by atoms with Crippen LogP contribution in [0.2, 0.25) is 0 Å². The lowest BCUT2D eigenvalue weighted by molar-refractivity contribution is 0.1000. The third kappa shape index (κ3) is 2.80. The van der Waals surface area contributed by atoms with Crippen LogP contribution in [0.1, 0.15) is 27.3 Å². The first kappa shape index (κ1) is 14.5. The highest BCUT2D eigenvalue weighted by Crippen LogP contribution is 2.17. The van der Waals surface area contributed by atoms with E-state index in [4.69, 9.17) is 5.73 Å². The maximum atomic E-state index is 12.0.